The van der Waals surface area contributed by atoms with E-state index in [0.29, 0.717) is 11.3 Å². The quantitative estimate of drug-likeness (QED) is 0.556. The van der Waals surface area contributed by atoms with E-state index in [1.165, 1.54) is 0 Å². The number of nitrogens with zero attached hydrogens (tertiary/aromatic N) is 4. The summed E-state index contributed by atoms with van der Waals surface area (Å²) in [6.45, 7) is 8.92. The molecule has 0 N–H and O–H groups in total. The number of hydroxylamine groups is 3. The van der Waals surface area contributed by atoms with E-state index in [-0.39, 0.29) is 5.84 Å². The van der Waals surface area contributed by atoms with Gasteiger partial charge in [0.05, 0.1) is 5.69 Å². The molecule has 2 rings (SSSR count). The second-order valence-corrected chi connectivity index (χ2v) is 5.83. The molecular formula is C12H19N4O2. The Hall–Kier alpha value is -1.56. The topological polar surface area (TPSA) is 67.0 Å². The van der Waals surface area contributed by atoms with Crippen LogP contribution in [0.25, 0.3) is 0 Å². The summed E-state index contributed by atoms with van der Waals surface area (Å²) in [5, 5.41) is 29.8. The van der Waals surface area contributed by atoms with Gasteiger partial charge in [0.2, 0.25) is 0 Å². The van der Waals surface area contributed by atoms with Crippen LogP contribution in [0.3, 0.4) is 0 Å². The zero-order valence-electron chi connectivity index (χ0n) is 11.7. The van der Waals surface area contributed by atoms with E-state index in [1.54, 1.807) is 52.5 Å². The van der Waals surface area contributed by atoms with E-state index in [0.717, 1.165) is 9.80 Å². The van der Waals surface area contributed by atoms with Gasteiger partial charge >= 0.3 is 5.84 Å². The van der Waals surface area contributed by atoms with Crippen LogP contribution in [-0.4, -0.2) is 36.5 Å². The summed E-state index contributed by atoms with van der Waals surface area (Å²) < 4.78 is 2.42. The van der Waals surface area contributed by atoms with Crippen molar-refractivity contribution in [3.05, 3.63) is 22.7 Å². The van der Waals surface area contributed by atoms with Crippen LogP contribution in [0, 0.1) is 12.1 Å². The summed E-state index contributed by atoms with van der Waals surface area (Å²) in [6.07, 6.45) is 1.71. The summed E-state index contributed by atoms with van der Waals surface area (Å²) in [4.78, 5) is 0. The van der Waals surface area contributed by atoms with Gasteiger partial charge in [-0.3, -0.25) is 9.42 Å². The zero-order valence-corrected chi connectivity index (χ0v) is 11.7. The first-order chi connectivity index (χ1) is 8.10. The minimum Gasteiger partial charge on any atom is -0.714 e. The zero-order chi connectivity index (χ0) is 13.9. The molecule has 6 heteroatoms. The lowest BCUT2D eigenvalue weighted by molar-refractivity contribution is -0.539. The van der Waals surface area contributed by atoms with Crippen molar-refractivity contribution in [2.75, 3.05) is 0 Å². The molecule has 0 saturated heterocycles. The van der Waals surface area contributed by atoms with Crippen molar-refractivity contribution in [2.24, 2.45) is 7.05 Å². The Balaban J connectivity index is 2.65. The van der Waals surface area contributed by atoms with Crippen LogP contribution in [0.15, 0.2) is 6.20 Å². The molecule has 99 valence electrons. The van der Waals surface area contributed by atoms with Gasteiger partial charge in [-0.15, -0.1) is 0 Å². The number of aryl methyl sites for hydroxylation is 2. The van der Waals surface area contributed by atoms with Crippen LogP contribution in [0.1, 0.15) is 39.0 Å². The largest absolute Gasteiger partial charge is 0.714 e. The lowest BCUT2D eigenvalue weighted by atomic mass is 9.84. The first-order valence-corrected chi connectivity index (χ1v) is 5.93. The van der Waals surface area contributed by atoms with Crippen molar-refractivity contribution in [1.29, 1.82) is 0 Å². The summed E-state index contributed by atoms with van der Waals surface area (Å²) in [5.41, 5.74) is -0.289. The van der Waals surface area contributed by atoms with E-state index in [4.69, 9.17) is 0 Å². The first-order valence-electron chi connectivity index (χ1n) is 5.93. The Morgan fingerprint density at radius 2 is 1.89 bits per heavy atom. The van der Waals surface area contributed by atoms with E-state index >= 15 is 0 Å². The van der Waals surface area contributed by atoms with Crippen LogP contribution in [0.4, 0.5) is 0 Å². The average Bonchev–Trinajstić information content (AvgIpc) is 2.61. The van der Waals surface area contributed by atoms with Crippen LogP contribution in [-0.2, 0) is 12.3 Å². The van der Waals surface area contributed by atoms with Crippen molar-refractivity contribution in [1.82, 2.24) is 14.8 Å². The number of hydrogen-bond acceptors (Lipinski definition) is 3. The Labute approximate surface area is 107 Å². The highest BCUT2D eigenvalue weighted by Crippen LogP contribution is 2.37. The van der Waals surface area contributed by atoms with E-state index in [2.05, 4.69) is 5.10 Å². The number of hydrogen-bond donors (Lipinski definition) is 0. The average molecular weight is 251 g/mol. The molecule has 0 atom stereocenters. The number of amidine groups is 1. The highest BCUT2D eigenvalue weighted by molar-refractivity contribution is 5.96. The predicted octanol–water partition coefficient (Wildman–Crippen LogP) is 1.20. The fraction of sp³-hybridized carbons (Fsp3) is 0.667. The highest BCUT2D eigenvalue weighted by atomic mass is 16.5. The maximum Gasteiger partial charge on any atom is 0.320 e. The predicted molar refractivity (Wildman–Crippen MR) is 66.4 cm³/mol. The Bertz CT molecular complexity index is 528. The monoisotopic (exact) mass is 251 g/mol. The van der Waals surface area contributed by atoms with Crippen LogP contribution in [0.2, 0.25) is 0 Å². The maximum atomic E-state index is 12.4. The van der Waals surface area contributed by atoms with E-state index in [9.17, 15) is 10.4 Å². The third-order valence-electron chi connectivity index (χ3n) is 4.15. The fourth-order valence-electron chi connectivity index (χ4n) is 2.15. The summed E-state index contributed by atoms with van der Waals surface area (Å²) >= 11 is 0. The standard InChI is InChI=1S/C12H19N4O2/c1-8-9(7-14(6)13-8)10-15(17)11(2,3)12(4,5)16(10)18/h7H,1-6H3. The molecule has 0 fully saturated rings. The molecule has 1 aliphatic rings. The molecule has 1 aromatic heterocycles. The van der Waals surface area contributed by atoms with Gasteiger partial charge in [-0.05, 0) is 34.6 Å². The number of aromatic nitrogens is 2. The third-order valence-corrected chi connectivity index (χ3v) is 4.15. The summed E-state index contributed by atoms with van der Waals surface area (Å²) in [5.74, 6) is 0.149. The van der Waals surface area contributed by atoms with Crippen molar-refractivity contribution >= 4 is 5.84 Å². The van der Waals surface area contributed by atoms with Gasteiger partial charge < -0.3 is 5.21 Å². The van der Waals surface area contributed by atoms with Crippen LogP contribution < -0.4 is 0 Å². The van der Waals surface area contributed by atoms with Crippen LogP contribution in [0.5, 0.6) is 0 Å². The molecular weight excluding hydrogens is 232 g/mol. The summed E-state index contributed by atoms with van der Waals surface area (Å²) in [7, 11) is 1.77. The van der Waals surface area contributed by atoms with Gasteiger partial charge in [-0.25, -0.2) is 0 Å². The second-order valence-electron chi connectivity index (χ2n) is 5.83. The maximum absolute atomic E-state index is 12.4. The molecule has 0 aliphatic carbocycles. The van der Waals surface area contributed by atoms with E-state index in [1.807, 2.05) is 0 Å². The van der Waals surface area contributed by atoms with Gasteiger partial charge in [-0.1, -0.05) is 5.06 Å². The molecule has 1 aliphatic heterocycles. The molecule has 0 bridgehead atoms. The van der Waals surface area contributed by atoms with Gasteiger partial charge in [0.1, 0.15) is 11.1 Å². The Morgan fingerprint density at radius 1 is 1.33 bits per heavy atom. The van der Waals surface area contributed by atoms with Gasteiger partial charge in [0.25, 0.3) is 0 Å². The van der Waals surface area contributed by atoms with Crippen molar-refractivity contribution in [3.63, 3.8) is 0 Å². The van der Waals surface area contributed by atoms with Crippen molar-refractivity contribution in [2.45, 2.75) is 45.7 Å². The van der Waals surface area contributed by atoms with Crippen LogP contribution >= 0.6 is 0 Å². The molecule has 0 amide bonds. The van der Waals surface area contributed by atoms with Crippen molar-refractivity contribution < 1.29 is 9.95 Å². The highest BCUT2D eigenvalue weighted by Gasteiger charge is 2.60. The molecule has 0 unspecified atom stereocenters. The summed E-state index contributed by atoms with van der Waals surface area (Å²) in [6, 6.07) is 0. The van der Waals surface area contributed by atoms with Crippen molar-refractivity contribution in [3.8, 4) is 0 Å². The Kier molecular flexibility index (Phi) is 2.49. The number of rotatable bonds is 1. The molecule has 2 heterocycles. The minimum absolute atomic E-state index is 0.149. The minimum atomic E-state index is -0.785. The normalized spacial score (nSPS) is 21.8. The molecule has 18 heavy (non-hydrogen) atoms. The second kappa shape index (κ2) is 3.47. The molecule has 0 spiro atoms. The molecule has 0 saturated carbocycles. The molecule has 1 radical (unpaired) electrons. The lowest BCUT2D eigenvalue weighted by Gasteiger charge is -2.32. The molecule has 0 aromatic carbocycles. The van der Waals surface area contributed by atoms with Gasteiger partial charge in [0, 0.05) is 18.5 Å². The first kappa shape index (κ1) is 12.9. The third kappa shape index (κ3) is 1.38. The van der Waals surface area contributed by atoms with Gasteiger partial charge in [-0.2, -0.15) is 5.10 Å². The Morgan fingerprint density at radius 3 is 2.22 bits per heavy atom. The smallest absolute Gasteiger partial charge is 0.320 e. The molecule has 1 aromatic rings. The van der Waals surface area contributed by atoms with E-state index < -0.39 is 11.1 Å². The lowest BCUT2D eigenvalue weighted by Crippen LogP contribution is -2.53. The van der Waals surface area contributed by atoms with Gasteiger partial charge in [0.15, 0.2) is 5.54 Å². The fourth-order valence-corrected chi connectivity index (χ4v) is 2.15. The molecule has 6 nitrogen and oxygen atoms in total. The SMILES string of the molecule is Cc1nn(C)cc1C1=[N+]([O-])C(C)(C)C(C)(C)N1[O].